The maximum atomic E-state index is 11.9. The summed E-state index contributed by atoms with van der Waals surface area (Å²) in [6.07, 6.45) is 5.19. The highest BCUT2D eigenvalue weighted by Gasteiger charge is 2.47. The summed E-state index contributed by atoms with van der Waals surface area (Å²) in [6.45, 7) is 13.7. The molecule has 0 heterocycles. The van der Waals surface area contributed by atoms with Gasteiger partial charge in [0.15, 0.2) is 0 Å². The van der Waals surface area contributed by atoms with Crippen LogP contribution in [0.4, 0.5) is 0 Å². The molecule has 0 saturated carbocycles. The lowest BCUT2D eigenvalue weighted by molar-refractivity contribution is 0.445. The number of aliphatic imine (C=N–C) groups is 2. The van der Waals surface area contributed by atoms with Gasteiger partial charge in [-0.2, -0.15) is 0 Å². The number of aromatic hydroxyl groups is 2. The van der Waals surface area contributed by atoms with Crippen molar-refractivity contribution in [2.75, 3.05) is 13.1 Å². The Morgan fingerprint density at radius 2 is 0.603 bits per heavy atom. The van der Waals surface area contributed by atoms with Crippen molar-refractivity contribution in [3.8, 4) is 11.5 Å². The molecular formula is C62H64N2O2P2+2. The van der Waals surface area contributed by atoms with Crippen LogP contribution in [0.3, 0.4) is 0 Å². The largest absolute Gasteiger partial charge is 0.507 e. The first-order valence-electron chi connectivity index (χ1n) is 23.6. The van der Waals surface area contributed by atoms with Gasteiger partial charge in [0.05, 0.1) is 25.4 Å². The first-order chi connectivity index (χ1) is 32.8. The van der Waals surface area contributed by atoms with Crippen LogP contribution in [-0.2, 0) is 23.2 Å². The molecule has 0 aromatic heterocycles. The molecule has 0 bridgehead atoms. The summed E-state index contributed by atoms with van der Waals surface area (Å²) in [5, 5.41) is 31.6. The average molecular weight is 931 g/mol. The SMILES string of the molecule is CC(C)(C)c1cc(C[P+](c2ccccc2)(c2ccccc2)c2ccccc2)cc(C=NCCN=Cc2cc(C[P+](c3ccccc3)(c3ccccc3)c3ccccc3)cc(C(C)(C)C)c2O)c1O. The molecule has 0 aliphatic heterocycles. The Morgan fingerprint density at radius 1 is 0.368 bits per heavy atom. The van der Waals surface area contributed by atoms with E-state index in [2.05, 4.69) is 248 Å². The third-order valence-corrected chi connectivity index (χ3v) is 21.6. The van der Waals surface area contributed by atoms with Crippen molar-refractivity contribution in [2.45, 2.75) is 64.7 Å². The molecule has 0 saturated heterocycles. The second kappa shape index (κ2) is 20.8. The molecule has 0 atom stereocenters. The van der Waals surface area contributed by atoms with Gasteiger partial charge in [0.25, 0.3) is 0 Å². The van der Waals surface area contributed by atoms with Crippen LogP contribution < -0.4 is 31.8 Å². The Hall–Kier alpha value is -6.44. The van der Waals surface area contributed by atoms with Gasteiger partial charge in [0.1, 0.15) is 57.9 Å². The summed E-state index contributed by atoms with van der Waals surface area (Å²) in [7, 11) is -4.40. The van der Waals surface area contributed by atoms with Gasteiger partial charge in [-0.1, -0.05) is 151 Å². The molecule has 0 radical (unpaired) electrons. The zero-order chi connectivity index (χ0) is 47.8. The van der Waals surface area contributed by atoms with Crippen molar-refractivity contribution < 1.29 is 10.2 Å². The minimum absolute atomic E-state index is 0.258. The lowest BCUT2D eigenvalue weighted by Crippen LogP contribution is -2.32. The lowest BCUT2D eigenvalue weighted by Gasteiger charge is -2.29. The summed E-state index contributed by atoms with van der Waals surface area (Å²) >= 11 is 0. The van der Waals surface area contributed by atoms with Crippen molar-refractivity contribution >= 4 is 58.8 Å². The van der Waals surface area contributed by atoms with Crippen molar-refractivity contribution in [3.63, 3.8) is 0 Å². The Bertz CT molecular complexity index is 2560. The molecule has 0 unspecified atom stereocenters. The van der Waals surface area contributed by atoms with E-state index < -0.39 is 14.5 Å². The van der Waals surface area contributed by atoms with Gasteiger partial charge < -0.3 is 10.2 Å². The van der Waals surface area contributed by atoms with E-state index in [1.54, 1.807) is 0 Å². The molecule has 2 N–H and O–H groups in total. The summed E-state index contributed by atoms with van der Waals surface area (Å²) < 4.78 is 0. The van der Waals surface area contributed by atoms with Crippen LogP contribution in [0.5, 0.6) is 11.5 Å². The number of hydrogen-bond acceptors (Lipinski definition) is 4. The molecule has 342 valence electrons. The second-order valence-electron chi connectivity index (χ2n) is 19.7. The molecule has 0 aliphatic rings. The van der Waals surface area contributed by atoms with Crippen LogP contribution in [0.25, 0.3) is 0 Å². The smallest absolute Gasteiger partial charge is 0.128 e. The monoisotopic (exact) mass is 930 g/mol. The average Bonchev–Trinajstić information content (AvgIpc) is 3.36. The minimum atomic E-state index is -2.20. The molecular weight excluding hydrogens is 867 g/mol. The van der Waals surface area contributed by atoms with E-state index in [0.29, 0.717) is 24.2 Å². The second-order valence-corrected chi connectivity index (χ2v) is 26.7. The Morgan fingerprint density at radius 3 is 0.824 bits per heavy atom. The fraction of sp³-hybridized carbons (Fsp3) is 0.194. The van der Waals surface area contributed by atoms with E-state index in [1.807, 2.05) is 12.4 Å². The molecule has 6 heteroatoms. The summed E-state index contributed by atoms with van der Waals surface area (Å²) in [4.78, 5) is 9.73. The van der Waals surface area contributed by atoms with Gasteiger partial charge >= 0.3 is 0 Å². The molecule has 0 spiro atoms. The van der Waals surface area contributed by atoms with E-state index in [0.717, 1.165) is 34.6 Å². The molecule has 4 nitrogen and oxygen atoms in total. The van der Waals surface area contributed by atoms with Crippen molar-refractivity contribution in [2.24, 2.45) is 9.98 Å². The fourth-order valence-electron chi connectivity index (χ4n) is 9.49. The fourth-order valence-corrected chi connectivity index (χ4v) is 17.9. The van der Waals surface area contributed by atoms with Gasteiger partial charge in [-0.15, -0.1) is 0 Å². The van der Waals surface area contributed by atoms with E-state index in [-0.39, 0.29) is 22.3 Å². The van der Waals surface area contributed by atoms with E-state index >= 15 is 0 Å². The Balaban J connectivity index is 1.11. The number of phenols is 2. The number of hydrogen-bond donors (Lipinski definition) is 2. The summed E-state index contributed by atoms with van der Waals surface area (Å²) in [5.41, 5.74) is 4.87. The predicted molar refractivity (Wildman–Crippen MR) is 296 cm³/mol. The quantitative estimate of drug-likeness (QED) is 0.0611. The number of benzene rings is 8. The van der Waals surface area contributed by atoms with Crippen LogP contribution in [-0.4, -0.2) is 35.7 Å². The Labute approximate surface area is 405 Å². The standard InChI is InChI=1S/C62H62N2O2P2/c1-61(2,3)57-41-47(45-67(51-25-13-7-14-26-51,52-27-15-8-16-28-52)53-29-17-9-18-30-53)39-49(59(57)65)43-63-37-38-64-44-50-40-48(42-58(60(50)66)62(4,5)6)46-68(54-31-19-10-20-32-54,55-33-21-11-22-34-55)56-35-23-12-24-36-56/h7-36,39-44H,37-38,45-46H2,1-6H3/p+2. The highest BCUT2D eigenvalue weighted by Crippen LogP contribution is 2.60. The van der Waals surface area contributed by atoms with Gasteiger partial charge in [0, 0.05) is 34.7 Å². The maximum Gasteiger partial charge on any atom is 0.128 e. The first-order valence-corrected chi connectivity index (χ1v) is 27.6. The van der Waals surface area contributed by atoms with E-state index in [4.69, 9.17) is 9.98 Å². The minimum Gasteiger partial charge on any atom is -0.507 e. The highest BCUT2D eigenvalue weighted by molar-refractivity contribution is 7.95. The highest BCUT2D eigenvalue weighted by atomic mass is 31.2. The van der Waals surface area contributed by atoms with Crippen molar-refractivity contribution in [3.05, 3.63) is 240 Å². The lowest BCUT2D eigenvalue weighted by atomic mass is 9.84. The van der Waals surface area contributed by atoms with E-state index in [1.165, 1.54) is 31.8 Å². The van der Waals surface area contributed by atoms with Crippen LogP contribution in [0.15, 0.2) is 216 Å². The number of nitrogens with zero attached hydrogens (tertiary/aromatic N) is 2. The molecule has 8 aromatic carbocycles. The topological polar surface area (TPSA) is 65.2 Å². The van der Waals surface area contributed by atoms with Crippen LogP contribution in [0.1, 0.15) is 74.9 Å². The number of phenolic OH excluding ortho intramolecular Hbond substituents is 2. The normalized spacial score (nSPS) is 12.5. The molecule has 0 amide bonds. The molecule has 8 rings (SSSR count). The summed E-state index contributed by atoms with van der Waals surface area (Å²) in [6, 6.07) is 74.2. The van der Waals surface area contributed by atoms with Crippen LogP contribution in [0, 0.1) is 0 Å². The third-order valence-electron chi connectivity index (χ3n) is 12.9. The van der Waals surface area contributed by atoms with Crippen molar-refractivity contribution in [1.82, 2.24) is 0 Å². The maximum absolute atomic E-state index is 11.9. The molecule has 68 heavy (non-hydrogen) atoms. The van der Waals surface area contributed by atoms with Gasteiger partial charge in [0.2, 0.25) is 0 Å². The van der Waals surface area contributed by atoms with Crippen molar-refractivity contribution in [1.29, 1.82) is 0 Å². The Kier molecular flexibility index (Phi) is 14.7. The van der Waals surface area contributed by atoms with Gasteiger partial charge in [-0.25, -0.2) is 0 Å². The number of rotatable bonds is 15. The molecule has 0 aliphatic carbocycles. The third kappa shape index (κ3) is 10.3. The van der Waals surface area contributed by atoms with Crippen LogP contribution in [0.2, 0.25) is 0 Å². The molecule has 8 aromatic rings. The summed E-state index contributed by atoms with van der Waals surface area (Å²) in [5.74, 6) is 0.516. The molecule has 0 fully saturated rings. The van der Waals surface area contributed by atoms with Gasteiger partial charge in [-0.3, -0.25) is 9.98 Å². The van der Waals surface area contributed by atoms with Gasteiger partial charge in [-0.05, 0) is 119 Å². The van der Waals surface area contributed by atoms with Crippen LogP contribution >= 0.6 is 14.5 Å². The first kappa shape index (κ1) is 48.0. The zero-order valence-corrected chi connectivity index (χ0v) is 42.1. The zero-order valence-electron chi connectivity index (χ0n) is 40.3. The van der Waals surface area contributed by atoms with E-state index in [9.17, 15) is 10.2 Å². The predicted octanol–water partition coefficient (Wildman–Crippen LogP) is 12.2.